The summed E-state index contributed by atoms with van der Waals surface area (Å²) >= 11 is 0. The minimum Gasteiger partial charge on any atom is -0.468 e. The molecule has 0 spiro atoms. The number of ether oxygens (including phenoxy) is 1. The van der Waals surface area contributed by atoms with Crippen LogP contribution < -0.4 is 0 Å². The number of carbonyl (C=O) groups excluding carboxylic acids is 1. The third-order valence-corrected chi connectivity index (χ3v) is 4.92. The van der Waals surface area contributed by atoms with Gasteiger partial charge in [-0.25, -0.2) is 0 Å². The van der Waals surface area contributed by atoms with E-state index in [1.807, 2.05) is 24.3 Å². The maximum absolute atomic E-state index is 12.8. The van der Waals surface area contributed by atoms with Crippen LogP contribution in [-0.4, -0.2) is 51.4 Å². The fraction of sp³-hybridized carbons (Fsp3) is 0.318. The molecule has 10 heteroatoms. The van der Waals surface area contributed by atoms with Crippen molar-refractivity contribution in [2.45, 2.75) is 25.9 Å². The number of alkyl halides is 3. The number of rotatable bonds is 8. The van der Waals surface area contributed by atoms with Crippen LogP contribution in [0.25, 0.3) is 11.1 Å². The Morgan fingerprint density at radius 3 is 2.12 bits per heavy atom. The Balaban J connectivity index is 1.75. The molecule has 0 bridgehead atoms. The van der Waals surface area contributed by atoms with Crippen LogP contribution in [0.5, 0.6) is 0 Å². The summed E-state index contributed by atoms with van der Waals surface area (Å²) in [6, 6.07) is 12.4. The van der Waals surface area contributed by atoms with Crippen molar-refractivity contribution in [3.05, 3.63) is 71.3 Å². The Kier molecular flexibility index (Phi) is 7.26. The number of hydrogen-bond donors (Lipinski definition) is 1. The van der Waals surface area contributed by atoms with E-state index in [0.29, 0.717) is 30.3 Å². The molecule has 3 aromatic rings. The number of halogens is 3. The molecule has 1 heterocycles. The molecule has 32 heavy (non-hydrogen) atoms. The van der Waals surface area contributed by atoms with Gasteiger partial charge in [0.05, 0.1) is 32.3 Å². The molecule has 1 N–H and O–H groups in total. The maximum atomic E-state index is 12.8. The van der Waals surface area contributed by atoms with Crippen LogP contribution in [0.3, 0.4) is 0 Å². The molecule has 0 atom stereocenters. The number of aliphatic hydroxyl groups is 1. The summed E-state index contributed by atoms with van der Waals surface area (Å²) in [4.78, 5) is 13.2. The number of likely N-dealkylation sites (N-methyl/N-ethyl adjacent to an activating group) is 1. The third kappa shape index (κ3) is 5.71. The number of nitrogens with zero attached hydrogens (tertiary/aromatic N) is 4. The molecule has 3 rings (SSSR count). The number of aliphatic hydroxyl groups excluding tert-OH is 1. The molecule has 0 aliphatic carbocycles. The molecule has 7 nitrogen and oxygen atoms in total. The molecule has 0 aliphatic rings. The highest BCUT2D eigenvalue weighted by Crippen LogP contribution is 2.31. The molecule has 0 radical (unpaired) electrons. The van der Waals surface area contributed by atoms with Crippen LogP contribution in [0.4, 0.5) is 13.2 Å². The smallest absolute Gasteiger partial charge is 0.416 e. The quantitative estimate of drug-likeness (QED) is 0.534. The van der Waals surface area contributed by atoms with E-state index in [1.54, 1.807) is 16.5 Å². The molecule has 0 unspecified atom stereocenters. The standard InChI is InChI=1S/C22H23F3N4O3/c1-28(13-21(31)32-2)12-19-26-27-20(14-30)29(19)11-15-3-5-16(6-4-15)17-7-9-18(10-8-17)22(23,24)25/h3-10,30H,11-14H2,1-2H3. The average molecular weight is 448 g/mol. The second-order valence-electron chi connectivity index (χ2n) is 7.30. The predicted octanol–water partition coefficient (Wildman–Crippen LogP) is 3.11. The Morgan fingerprint density at radius 1 is 1.03 bits per heavy atom. The zero-order valence-electron chi connectivity index (χ0n) is 17.6. The van der Waals surface area contributed by atoms with Crippen molar-refractivity contribution < 1.29 is 27.8 Å². The highest BCUT2D eigenvalue weighted by molar-refractivity contribution is 5.71. The van der Waals surface area contributed by atoms with Gasteiger partial charge in [-0.1, -0.05) is 36.4 Å². The fourth-order valence-electron chi connectivity index (χ4n) is 3.21. The molecule has 170 valence electrons. The van der Waals surface area contributed by atoms with Crippen LogP contribution in [0.15, 0.2) is 48.5 Å². The first kappa shape index (κ1) is 23.4. The minimum absolute atomic E-state index is 0.0830. The van der Waals surface area contributed by atoms with E-state index in [-0.39, 0.29) is 19.1 Å². The highest BCUT2D eigenvalue weighted by atomic mass is 19.4. The molecular formula is C22H23F3N4O3. The van der Waals surface area contributed by atoms with Crippen molar-refractivity contribution >= 4 is 5.97 Å². The normalized spacial score (nSPS) is 11.7. The number of hydrogen-bond acceptors (Lipinski definition) is 6. The van der Waals surface area contributed by atoms with E-state index in [2.05, 4.69) is 14.9 Å². The number of methoxy groups -OCH3 is 1. The zero-order chi connectivity index (χ0) is 23.3. The van der Waals surface area contributed by atoms with Gasteiger partial charge in [-0.2, -0.15) is 13.2 Å². The molecule has 0 amide bonds. The number of aromatic nitrogens is 3. The van der Waals surface area contributed by atoms with Gasteiger partial charge in [0.15, 0.2) is 5.82 Å². The third-order valence-electron chi connectivity index (χ3n) is 4.92. The Labute approximate surface area is 183 Å². The molecule has 1 aromatic heterocycles. The van der Waals surface area contributed by atoms with Gasteiger partial charge in [0, 0.05) is 0 Å². The first-order valence-electron chi connectivity index (χ1n) is 9.75. The lowest BCUT2D eigenvalue weighted by atomic mass is 10.0. The SMILES string of the molecule is COC(=O)CN(C)Cc1nnc(CO)n1Cc1ccc(-c2ccc(C(F)(F)F)cc2)cc1. The van der Waals surface area contributed by atoms with Crippen molar-refractivity contribution in [1.82, 2.24) is 19.7 Å². The van der Waals surface area contributed by atoms with E-state index < -0.39 is 11.7 Å². The Hall–Kier alpha value is -3.24. The summed E-state index contributed by atoms with van der Waals surface area (Å²) < 4.78 is 44.7. The van der Waals surface area contributed by atoms with Crippen LogP contribution in [0, 0.1) is 0 Å². The van der Waals surface area contributed by atoms with Crippen LogP contribution in [0.2, 0.25) is 0 Å². The first-order chi connectivity index (χ1) is 15.2. The maximum Gasteiger partial charge on any atom is 0.416 e. The highest BCUT2D eigenvalue weighted by Gasteiger charge is 2.29. The average Bonchev–Trinajstić information content (AvgIpc) is 3.14. The second kappa shape index (κ2) is 9.92. The van der Waals surface area contributed by atoms with Crippen molar-refractivity contribution in [2.24, 2.45) is 0 Å². The number of carbonyl (C=O) groups is 1. The fourth-order valence-corrected chi connectivity index (χ4v) is 3.21. The largest absolute Gasteiger partial charge is 0.468 e. The van der Waals surface area contributed by atoms with Crippen LogP contribution in [-0.2, 0) is 35.4 Å². The van der Waals surface area contributed by atoms with E-state index >= 15 is 0 Å². The van der Waals surface area contributed by atoms with E-state index in [1.165, 1.54) is 19.2 Å². The summed E-state index contributed by atoms with van der Waals surface area (Å²) in [5, 5.41) is 17.7. The van der Waals surface area contributed by atoms with E-state index in [0.717, 1.165) is 23.3 Å². The Bertz CT molecular complexity index is 1050. The molecule has 2 aromatic carbocycles. The van der Waals surface area contributed by atoms with Gasteiger partial charge in [0.25, 0.3) is 0 Å². The second-order valence-corrected chi connectivity index (χ2v) is 7.30. The summed E-state index contributed by atoms with van der Waals surface area (Å²) in [7, 11) is 3.06. The van der Waals surface area contributed by atoms with E-state index in [4.69, 9.17) is 0 Å². The van der Waals surface area contributed by atoms with Gasteiger partial charge in [-0.05, 0) is 35.9 Å². The Morgan fingerprint density at radius 2 is 1.59 bits per heavy atom. The molecule has 0 saturated heterocycles. The van der Waals surface area contributed by atoms with Gasteiger partial charge < -0.3 is 14.4 Å². The lowest BCUT2D eigenvalue weighted by Gasteiger charge is -2.16. The number of esters is 1. The molecule has 0 fully saturated rings. The van der Waals surface area contributed by atoms with Crippen molar-refractivity contribution in [3.8, 4) is 11.1 Å². The zero-order valence-corrected chi connectivity index (χ0v) is 17.6. The van der Waals surface area contributed by atoms with Crippen molar-refractivity contribution in [3.63, 3.8) is 0 Å². The molecule has 0 saturated carbocycles. The topological polar surface area (TPSA) is 80.5 Å². The van der Waals surface area contributed by atoms with Crippen LogP contribution in [0.1, 0.15) is 22.8 Å². The first-order valence-corrected chi connectivity index (χ1v) is 9.75. The van der Waals surface area contributed by atoms with Gasteiger partial charge in [0.1, 0.15) is 12.4 Å². The van der Waals surface area contributed by atoms with Gasteiger partial charge in [-0.15, -0.1) is 10.2 Å². The van der Waals surface area contributed by atoms with Gasteiger partial charge >= 0.3 is 12.1 Å². The lowest BCUT2D eigenvalue weighted by Crippen LogP contribution is -2.28. The van der Waals surface area contributed by atoms with Crippen LogP contribution >= 0.6 is 0 Å². The van der Waals surface area contributed by atoms with E-state index in [9.17, 15) is 23.1 Å². The molecular weight excluding hydrogens is 425 g/mol. The van der Waals surface area contributed by atoms with Gasteiger partial charge in [-0.3, -0.25) is 9.69 Å². The summed E-state index contributed by atoms with van der Waals surface area (Å²) in [5.74, 6) is 0.588. The molecule has 0 aliphatic heterocycles. The minimum atomic E-state index is -4.37. The number of benzene rings is 2. The summed E-state index contributed by atoms with van der Waals surface area (Å²) in [5.41, 5.74) is 1.67. The predicted molar refractivity (Wildman–Crippen MR) is 110 cm³/mol. The summed E-state index contributed by atoms with van der Waals surface area (Å²) in [6.07, 6.45) is -4.37. The van der Waals surface area contributed by atoms with Gasteiger partial charge in [0.2, 0.25) is 0 Å². The monoisotopic (exact) mass is 448 g/mol. The summed E-state index contributed by atoms with van der Waals surface area (Å²) in [6.45, 7) is 0.500. The van der Waals surface area contributed by atoms with Crippen molar-refractivity contribution in [2.75, 3.05) is 20.7 Å². The lowest BCUT2D eigenvalue weighted by molar-refractivity contribution is -0.141. The van der Waals surface area contributed by atoms with Crippen molar-refractivity contribution in [1.29, 1.82) is 0 Å².